The minimum absolute atomic E-state index is 0.327. The summed E-state index contributed by atoms with van der Waals surface area (Å²) in [6.45, 7) is 1.06. The Morgan fingerprint density at radius 2 is 2.15 bits per heavy atom. The number of rotatable bonds is 3. The standard InChI is InChI=1S/C14H13F3INO/c1-8-6-9(15)2-3-10(8)12-5-4-11(18)14(20)19(12)7-13(16)17/h2-3,5-6,11,13H,4,7H2,1H3. The third-order valence-corrected chi connectivity index (χ3v) is 4.17. The number of amides is 1. The van der Waals surface area contributed by atoms with Crippen LogP contribution in [0.5, 0.6) is 0 Å². The number of carbonyl (C=O) groups excluding carboxylic acids is 1. The number of halogens is 4. The van der Waals surface area contributed by atoms with Gasteiger partial charge in [0, 0.05) is 11.3 Å². The second-order valence-corrected chi connectivity index (χ2v) is 6.10. The Kier molecular flexibility index (Phi) is 4.72. The summed E-state index contributed by atoms with van der Waals surface area (Å²) in [4.78, 5) is 13.2. The van der Waals surface area contributed by atoms with Crippen molar-refractivity contribution in [3.8, 4) is 0 Å². The molecule has 0 saturated carbocycles. The molecular weight excluding hydrogens is 382 g/mol. The first-order valence-corrected chi connectivity index (χ1v) is 7.35. The van der Waals surface area contributed by atoms with Gasteiger partial charge in [-0.15, -0.1) is 0 Å². The number of carbonyl (C=O) groups is 1. The fourth-order valence-electron chi connectivity index (χ4n) is 2.21. The van der Waals surface area contributed by atoms with Crippen molar-refractivity contribution in [2.45, 2.75) is 23.7 Å². The second kappa shape index (κ2) is 6.15. The first-order valence-electron chi connectivity index (χ1n) is 6.10. The molecule has 1 heterocycles. The van der Waals surface area contributed by atoms with E-state index in [0.717, 1.165) is 4.90 Å². The summed E-state index contributed by atoms with van der Waals surface area (Å²) in [5, 5.41) is 0. The van der Waals surface area contributed by atoms with E-state index in [9.17, 15) is 18.0 Å². The number of allylic oxidation sites excluding steroid dienone is 1. The Balaban J connectivity index is 2.43. The van der Waals surface area contributed by atoms with Gasteiger partial charge >= 0.3 is 0 Å². The number of aryl methyl sites for hydroxylation is 1. The van der Waals surface area contributed by atoms with Gasteiger partial charge in [0.1, 0.15) is 5.82 Å². The molecule has 1 aromatic rings. The second-order valence-electron chi connectivity index (χ2n) is 4.59. The topological polar surface area (TPSA) is 20.3 Å². The molecule has 0 fully saturated rings. The molecule has 0 saturated heterocycles. The van der Waals surface area contributed by atoms with Gasteiger partial charge in [-0.3, -0.25) is 4.79 Å². The Hall–Kier alpha value is -1.05. The van der Waals surface area contributed by atoms with Crippen LogP contribution in [0.4, 0.5) is 13.2 Å². The third kappa shape index (κ3) is 3.16. The predicted octanol–water partition coefficient (Wildman–Crippen LogP) is 3.78. The van der Waals surface area contributed by atoms with Crippen LogP contribution in [0.25, 0.3) is 5.70 Å². The molecule has 1 aliphatic rings. The number of nitrogens with zero attached hydrogens (tertiary/aromatic N) is 1. The van der Waals surface area contributed by atoms with Crippen LogP contribution in [0, 0.1) is 12.7 Å². The van der Waals surface area contributed by atoms with Crippen molar-refractivity contribution in [2.24, 2.45) is 0 Å². The summed E-state index contributed by atoms with van der Waals surface area (Å²) in [5.41, 5.74) is 1.68. The van der Waals surface area contributed by atoms with Gasteiger partial charge in [0.15, 0.2) is 0 Å². The van der Waals surface area contributed by atoms with E-state index in [-0.39, 0.29) is 15.6 Å². The van der Waals surface area contributed by atoms with E-state index in [1.807, 2.05) is 22.6 Å². The Bertz CT molecular complexity index is 559. The predicted molar refractivity (Wildman–Crippen MR) is 79.3 cm³/mol. The van der Waals surface area contributed by atoms with Crippen LogP contribution < -0.4 is 0 Å². The summed E-state index contributed by atoms with van der Waals surface area (Å²) in [6, 6.07) is 4.12. The fourth-order valence-corrected chi connectivity index (χ4v) is 2.80. The normalized spacial score (nSPS) is 19.5. The first-order chi connectivity index (χ1) is 9.40. The molecule has 1 aromatic carbocycles. The van der Waals surface area contributed by atoms with Gasteiger partial charge in [-0.1, -0.05) is 28.7 Å². The quantitative estimate of drug-likeness (QED) is 0.564. The number of hydrogen-bond acceptors (Lipinski definition) is 1. The molecule has 1 atom stereocenters. The van der Waals surface area contributed by atoms with Crippen molar-refractivity contribution in [1.82, 2.24) is 4.90 Å². The van der Waals surface area contributed by atoms with E-state index < -0.39 is 13.0 Å². The van der Waals surface area contributed by atoms with Crippen LogP contribution in [0.3, 0.4) is 0 Å². The van der Waals surface area contributed by atoms with E-state index in [4.69, 9.17) is 0 Å². The van der Waals surface area contributed by atoms with Crippen molar-refractivity contribution in [3.63, 3.8) is 0 Å². The Labute approximate surface area is 128 Å². The van der Waals surface area contributed by atoms with Crippen molar-refractivity contribution in [1.29, 1.82) is 0 Å². The van der Waals surface area contributed by atoms with Crippen LogP contribution in [0.15, 0.2) is 24.3 Å². The zero-order chi connectivity index (χ0) is 14.9. The number of hydrogen-bond donors (Lipinski definition) is 0. The highest BCUT2D eigenvalue weighted by atomic mass is 127. The van der Waals surface area contributed by atoms with Gasteiger partial charge in [-0.25, -0.2) is 13.2 Å². The molecule has 108 valence electrons. The van der Waals surface area contributed by atoms with Gasteiger partial charge in [0.25, 0.3) is 6.43 Å². The molecule has 0 bridgehead atoms. The monoisotopic (exact) mass is 395 g/mol. The van der Waals surface area contributed by atoms with Crippen LogP contribution in [-0.2, 0) is 4.79 Å². The van der Waals surface area contributed by atoms with E-state index in [1.54, 1.807) is 13.0 Å². The van der Waals surface area contributed by atoms with Crippen molar-refractivity contribution >= 4 is 34.2 Å². The third-order valence-electron chi connectivity index (χ3n) is 3.13. The molecule has 0 aromatic heterocycles. The summed E-state index contributed by atoms with van der Waals surface area (Å²) < 4.78 is 38.2. The molecule has 2 rings (SSSR count). The smallest absolute Gasteiger partial charge is 0.256 e. The summed E-state index contributed by atoms with van der Waals surface area (Å²) in [5.74, 6) is -0.715. The molecular formula is C14H13F3INO. The highest BCUT2D eigenvalue weighted by Gasteiger charge is 2.31. The number of alkyl halides is 3. The lowest BCUT2D eigenvalue weighted by Gasteiger charge is -2.31. The maximum Gasteiger partial charge on any atom is 0.256 e. The maximum atomic E-state index is 13.1. The maximum absolute atomic E-state index is 13.1. The van der Waals surface area contributed by atoms with Gasteiger partial charge < -0.3 is 4.90 Å². The fraction of sp³-hybridized carbons (Fsp3) is 0.357. The first kappa shape index (κ1) is 15.3. The van der Waals surface area contributed by atoms with E-state index in [2.05, 4.69) is 0 Å². The highest BCUT2D eigenvalue weighted by molar-refractivity contribution is 14.1. The van der Waals surface area contributed by atoms with E-state index >= 15 is 0 Å². The Morgan fingerprint density at radius 1 is 1.45 bits per heavy atom. The molecule has 6 heteroatoms. The zero-order valence-corrected chi connectivity index (χ0v) is 12.9. The molecule has 2 nitrogen and oxygen atoms in total. The van der Waals surface area contributed by atoms with E-state index in [0.29, 0.717) is 23.2 Å². The van der Waals surface area contributed by atoms with E-state index in [1.165, 1.54) is 18.2 Å². The minimum Gasteiger partial charge on any atom is -0.305 e. The lowest BCUT2D eigenvalue weighted by atomic mass is 10.00. The van der Waals surface area contributed by atoms with Crippen LogP contribution >= 0.6 is 22.6 Å². The van der Waals surface area contributed by atoms with Gasteiger partial charge in [0.2, 0.25) is 5.91 Å². The Morgan fingerprint density at radius 3 is 2.75 bits per heavy atom. The summed E-state index contributed by atoms with van der Waals surface area (Å²) >= 11 is 1.95. The summed E-state index contributed by atoms with van der Waals surface area (Å²) in [6.07, 6.45) is -0.350. The molecule has 0 aliphatic carbocycles. The van der Waals surface area contributed by atoms with Gasteiger partial charge in [-0.2, -0.15) is 0 Å². The summed E-state index contributed by atoms with van der Waals surface area (Å²) in [7, 11) is 0. The molecule has 0 spiro atoms. The molecule has 1 amide bonds. The molecule has 1 aliphatic heterocycles. The minimum atomic E-state index is -2.61. The number of benzene rings is 1. The van der Waals surface area contributed by atoms with Crippen LogP contribution in [0.1, 0.15) is 17.5 Å². The molecule has 1 unspecified atom stereocenters. The van der Waals surface area contributed by atoms with Crippen molar-refractivity contribution in [3.05, 3.63) is 41.2 Å². The van der Waals surface area contributed by atoms with Crippen molar-refractivity contribution in [2.75, 3.05) is 6.54 Å². The van der Waals surface area contributed by atoms with Gasteiger partial charge in [-0.05, 0) is 37.1 Å². The average Bonchev–Trinajstić information content (AvgIpc) is 2.36. The molecule has 0 radical (unpaired) electrons. The van der Waals surface area contributed by atoms with Crippen LogP contribution in [0.2, 0.25) is 0 Å². The van der Waals surface area contributed by atoms with Crippen LogP contribution in [-0.4, -0.2) is 27.7 Å². The SMILES string of the molecule is Cc1cc(F)ccc1C1=CCC(I)C(=O)N1CC(F)F. The van der Waals surface area contributed by atoms with Gasteiger partial charge in [0.05, 0.1) is 10.5 Å². The molecule has 0 N–H and O–H groups in total. The lowest BCUT2D eigenvalue weighted by Crippen LogP contribution is -2.41. The zero-order valence-electron chi connectivity index (χ0n) is 10.7. The lowest BCUT2D eigenvalue weighted by molar-refractivity contribution is -0.128. The van der Waals surface area contributed by atoms with Crippen molar-refractivity contribution < 1.29 is 18.0 Å². The highest BCUT2D eigenvalue weighted by Crippen LogP contribution is 2.31. The average molecular weight is 395 g/mol. The largest absolute Gasteiger partial charge is 0.305 e. The molecule has 20 heavy (non-hydrogen) atoms.